The molecule has 0 radical (unpaired) electrons. The first kappa shape index (κ1) is 12.6. The van der Waals surface area contributed by atoms with E-state index in [2.05, 4.69) is 11.8 Å². The maximum Gasteiger partial charge on any atom is 0.141 e. The number of anilines is 1. The third-order valence-electron chi connectivity index (χ3n) is 4.65. The highest BCUT2D eigenvalue weighted by Gasteiger charge is 2.26. The Labute approximate surface area is 124 Å². The molecule has 3 nitrogen and oxygen atoms in total. The summed E-state index contributed by atoms with van der Waals surface area (Å²) in [4.78, 5) is 14.8. The van der Waals surface area contributed by atoms with Gasteiger partial charge >= 0.3 is 0 Å². The van der Waals surface area contributed by atoms with Crippen LogP contribution in [0, 0.1) is 12.8 Å². The molecule has 1 fully saturated rings. The molecule has 0 aromatic carbocycles. The van der Waals surface area contributed by atoms with Crippen LogP contribution in [0.15, 0.2) is 0 Å². The Morgan fingerprint density at radius 2 is 2.00 bits per heavy atom. The van der Waals surface area contributed by atoms with E-state index in [1.807, 2.05) is 18.3 Å². The number of aryl methyl sites for hydroxylation is 2. The minimum atomic E-state index is 0.819. The zero-order valence-corrected chi connectivity index (χ0v) is 13.1. The fourth-order valence-corrected chi connectivity index (χ4v) is 5.01. The zero-order chi connectivity index (χ0) is 13.7. The second kappa shape index (κ2) is 4.69. The highest BCUT2D eigenvalue weighted by molar-refractivity contribution is 7.19. The number of nitrogens with zero attached hydrogens (tertiary/aromatic N) is 3. The Morgan fingerprint density at radius 1 is 1.20 bits per heavy atom. The lowest BCUT2D eigenvalue weighted by Gasteiger charge is -2.21. The summed E-state index contributed by atoms with van der Waals surface area (Å²) in [5.74, 6) is 2.96. The van der Waals surface area contributed by atoms with Crippen molar-refractivity contribution < 1.29 is 0 Å². The second-order valence-electron chi connectivity index (χ2n) is 6.32. The summed E-state index contributed by atoms with van der Waals surface area (Å²) in [7, 11) is 0. The lowest BCUT2D eigenvalue weighted by molar-refractivity contribution is 0.509. The first-order valence-electron chi connectivity index (χ1n) is 7.76. The minimum Gasteiger partial charge on any atom is -0.356 e. The van der Waals surface area contributed by atoms with E-state index in [9.17, 15) is 0 Å². The topological polar surface area (TPSA) is 29.0 Å². The van der Waals surface area contributed by atoms with Gasteiger partial charge in [-0.1, -0.05) is 6.92 Å². The van der Waals surface area contributed by atoms with E-state index in [1.165, 1.54) is 48.1 Å². The maximum atomic E-state index is 4.80. The Morgan fingerprint density at radius 3 is 2.80 bits per heavy atom. The predicted molar refractivity (Wildman–Crippen MR) is 84.8 cm³/mol. The van der Waals surface area contributed by atoms with E-state index < -0.39 is 0 Å². The molecule has 2 aromatic rings. The quantitative estimate of drug-likeness (QED) is 0.800. The molecule has 0 saturated carbocycles. The fraction of sp³-hybridized carbons (Fsp3) is 0.625. The van der Waals surface area contributed by atoms with Crippen LogP contribution >= 0.6 is 11.3 Å². The Bertz CT molecular complexity index is 655. The molecule has 3 heterocycles. The Hall–Kier alpha value is -1.16. The van der Waals surface area contributed by atoms with Gasteiger partial charge in [0.1, 0.15) is 16.5 Å². The van der Waals surface area contributed by atoms with E-state index in [1.54, 1.807) is 10.4 Å². The van der Waals surface area contributed by atoms with Crippen molar-refractivity contribution in [2.24, 2.45) is 5.92 Å². The van der Waals surface area contributed by atoms with E-state index >= 15 is 0 Å². The van der Waals surface area contributed by atoms with Gasteiger partial charge in [-0.25, -0.2) is 9.97 Å². The molecule has 4 rings (SSSR count). The summed E-state index contributed by atoms with van der Waals surface area (Å²) >= 11 is 1.91. The van der Waals surface area contributed by atoms with Crippen LogP contribution in [0.2, 0.25) is 0 Å². The van der Waals surface area contributed by atoms with Gasteiger partial charge in [0, 0.05) is 18.0 Å². The summed E-state index contributed by atoms with van der Waals surface area (Å²) < 4.78 is 0. The smallest absolute Gasteiger partial charge is 0.141 e. The highest BCUT2D eigenvalue weighted by Crippen LogP contribution is 2.41. The Kier molecular flexibility index (Phi) is 2.95. The van der Waals surface area contributed by atoms with Crippen molar-refractivity contribution >= 4 is 27.4 Å². The van der Waals surface area contributed by atoms with Crippen molar-refractivity contribution in [2.75, 3.05) is 18.0 Å². The standard InChI is InChI=1S/C16H21N3S/c1-10-5-6-12-13(9-10)20-16-14(12)15(17-11(2)18-16)19-7-3-4-8-19/h10H,3-9H2,1-2H3/t10-/m0/s1. The van der Waals surface area contributed by atoms with E-state index in [0.29, 0.717) is 0 Å². The van der Waals surface area contributed by atoms with Crippen molar-refractivity contribution in [3.8, 4) is 0 Å². The maximum absolute atomic E-state index is 4.80. The summed E-state index contributed by atoms with van der Waals surface area (Å²) in [6, 6.07) is 0. The van der Waals surface area contributed by atoms with Gasteiger partial charge in [-0.05, 0) is 50.5 Å². The second-order valence-corrected chi connectivity index (χ2v) is 7.40. The monoisotopic (exact) mass is 287 g/mol. The van der Waals surface area contributed by atoms with Crippen LogP contribution in [0.5, 0.6) is 0 Å². The van der Waals surface area contributed by atoms with Crippen LogP contribution in [-0.4, -0.2) is 23.1 Å². The molecule has 20 heavy (non-hydrogen) atoms. The minimum absolute atomic E-state index is 0.819. The van der Waals surface area contributed by atoms with E-state index in [0.717, 1.165) is 24.8 Å². The average molecular weight is 287 g/mol. The van der Waals surface area contributed by atoms with Crippen molar-refractivity contribution in [3.05, 3.63) is 16.3 Å². The third-order valence-corrected chi connectivity index (χ3v) is 5.80. The van der Waals surface area contributed by atoms with Crippen LogP contribution in [0.4, 0.5) is 5.82 Å². The van der Waals surface area contributed by atoms with Crippen LogP contribution in [0.25, 0.3) is 10.2 Å². The summed E-state index contributed by atoms with van der Waals surface area (Å²) in [5, 5.41) is 1.38. The van der Waals surface area contributed by atoms with Crippen molar-refractivity contribution in [2.45, 2.75) is 46.0 Å². The molecule has 0 bridgehead atoms. The number of rotatable bonds is 1. The fourth-order valence-electron chi connectivity index (χ4n) is 3.58. The van der Waals surface area contributed by atoms with Gasteiger partial charge < -0.3 is 4.90 Å². The van der Waals surface area contributed by atoms with Gasteiger partial charge in [0.15, 0.2) is 0 Å². The number of hydrogen-bond donors (Lipinski definition) is 0. The van der Waals surface area contributed by atoms with Crippen LogP contribution < -0.4 is 4.90 Å². The molecule has 0 amide bonds. The molecule has 0 spiro atoms. The van der Waals surface area contributed by atoms with Crippen molar-refractivity contribution in [1.29, 1.82) is 0 Å². The van der Waals surface area contributed by atoms with Crippen LogP contribution in [-0.2, 0) is 12.8 Å². The van der Waals surface area contributed by atoms with Gasteiger partial charge in [-0.2, -0.15) is 0 Å². The summed E-state index contributed by atoms with van der Waals surface area (Å²) in [6.07, 6.45) is 6.35. The molecule has 1 saturated heterocycles. The molecule has 0 unspecified atom stereocenters. The highest BCUT2D eigenvalue weighted by atomic mass is 32.1. The molecular formula is C16H21N3S. The number of hydrogen-bond acceptors (Lipinski definition) is 4. The Balaban J connectivity index is 1.93. The van der Waals surface area contributed by atoms with Crippen LogP contribution in [0.3, 0.4) is 0 Å². The number of aromatic nitrogens is 2. The number of thiophene rings is 1. The molecule has 1 atom stereocenters. The average Bonchev–Trinajstić information content (AvgIpc) is 3.03. The van der Waals surface area contributed by atoms with Crippen LogP contribution in [0.1, 0.15) is 42.5 Å². The summed E-state index contributed by atoms with van der Waals surface area (Å²) in [5.41, 5.74) is 1.56. The van der Waals surface area contributed by atoms with Gasteiger partial charge in [0.05, 0.1) is 5.39 Å². The molecule has 0 N–H and O–H groups in total. The predicted octanol–water partition coefficient (Wildman–Crippen LogP) is 3.72. The van der Waals surface area contributed by atoms with Gasteiger partial charge in [0.25, 0.3) is 0 Å². The van der Waals surface area contributed by atoms with E-state index in [-0.39, 0.29) is 0 Å². The number of fused-ring (bicyclic) bond motifs is 3. The zero-order valence-electron chi connectivity index (χ0n) is 12.3. The molecule has 106 valence electrons. The van der Waals surface area contributed by atoms with Crippen molar-refractivity contribution in [1.82, 2.24) is 9.97 Å². The first-order valence-corrected chi connectivity index (χ1v) is 8.58. The molecule has 2 aromatic heterocycles. The van der Waals surface area contributed by atoms with Crippen molar-refractivity contribution in [3.63, 3.8) is 0 Å². The largest absolute Gasteiger partial charge is 0.356 e. The summed E-state index contributed by atoms with van der Waals surface area (Å²) in [6.45, 7) is 6.71. The van der Waals surface area contributed by atoms with Gasteiger partial charge in [0.2, 0.25) is 0 Å². The third kappa shape index (κ3) is 1.93. The lowest BCUT2D eigenvalue weighted by atomic mass is 9.89. The first-order chi connectivity index (χ1) is 9.72. The lowest BCUT2D eigenvalue weighted by Crippen LogP contribution is -2.20. The molecule has 1 aliphatic heterocycles. The molecule has 1 aliphatic carbocycles. The molecule has 2 aliphatic rings. The van der Waals surface area contributed by atoms with Gasteiger partial charge in [-0.3, -0.25) is 0 Å². The normalized spacial score (nSPS) is 22.5. The molecule has 4 heteroatoms. The van der Waals surface area contributed by atoms with Gasteiger partial charge in [-0.15, -0.1) is 11.3 Å². The SMILES string of the molecule is Cc1nc(N2CCCC2)c2c3c(sc2n1)C[C@@H](C)CC3. The van der Waals surface area contributed by atoms with E-state index in [4.69, 9.17) is 9.97 Å². The molecular weight excluding hydrogens is 266 g/mol.